The van der Waals surface area contributed by atoms with Gasteiger partial charge in [0.2, 0.25) is 0 Å². The van der Waals surface area contributed by atoms with Crippen molar-refractivity contribution in [2.24, 2.45) is 5.41 Å². The Balaban J connectivity index is 2.76. The average molecular weight is 239 g/mol. The molecule has 0 saturated carbocycles. The van der Waals surface area contributed by atoms with Gasteiger partial charge < -0.3 is 14.5 Å². The number of methoxy groups -OCH3 is 1. The summed E-state index contributed by atoms with van der Waals surface area (Å²) in [4.78, 5) is 0. The zero-order valence-electron chi connectivity index (χ0n) is 11.6. The highest BCUT2D eigenvalue weighted by Crippen LogP contribution is 2.26. The van der Waals surface area contributed by atoms with Crippen molar-refractivity contribution in [3.8, 4) is 0 Å². The molecule has 3 nitrogen and oxygen atoms in total. The highest BCUT2D eigenvalue weighted by molar-refractivity contribution is 5.03. The molecular weight excluding hydrogens is 214 g/mol. The van der Waals surface area contributed by atoms with E-state index in [9.17, 15) is 0 Å². The molecule has 1 heterocycles. The number of hydrogen-bond acceptors (Lipinski definition) is 3. The Labute approximate surface area is 105 Å². The molecule has 1 aromatic heterocycles. The highest BCUT2D eigenvalue weighted by atomic mass is 16.5. The predicted octanol–water partition coefficient (Wildman–Crippen LogP) is 2.86. The molecule has 0 aliphatic carbocycles. The zero-order valence-corrected chi connectivity index (χ0v) is 11.6. The van der Waals surface area contributed by atoms with Crippen LogP contribution in [-0.4, -0.2) is 25.8 Å². The Bertz CT molecular complexity index is 301. The van der Waals surface area contributed by atoms with E-state index in [0.717, 1.165) is 18.7 Å². The van der Waals surface area contributed by atoms with Gasteiger partial charge in [-0.2, -0.15) is 0 Å². The minimum absolute atomic E-state index is 0.105. The third kappa shape index (κ3) is 4.17. The van der Waals surface area contributed by atoms with E-state index in [0.29, 0.717) is 0 Å². The predicted molar refractivity (Wildman–Crippen MR) is 70.1 cm³/mol. The van der Waals surface area contributed by atoms with Gasteiger partial charge in [0, 0.05) is 19.6 Å². The second-order valence-electron chi connectivity index (χ2n) is 5.47. The molecule has 0 aliphatic rings. The van der Waals surface area contributed by atoms with Gasteiger partial charge in [0.15, 0.2) is 0 Å². The first-order valence-corrected chi connectivity index (χ1v) is 6.27. The third-order valence-electron chi connectivity index (χ3n) is 2.94. The first-order valence-electron chi connectivity index (χ1n) is 6.27. The molecule has 0 radical (unpaired) electrons. The van der Waals surface area contributed by atoms with E-state index in [4.69, 9.17) is 9.15 Å². The molecule has 0 saturated heterocycles. The van der Waals surface area contributed by atoms with Crippen LogP contribution in [-0.2, 0) is 11.2 Å². The fourth-order valence-corrected chi connectivity index (χ4v) is 2.32. The lowest BCUT2D eigenvalue weighted by molar-refractivity contribution is -0.0116. The van der Waals surface area contributed by atoms with Gasteiger partial charge in [-0.3, -0.25) is 0 Å². The molecule has 3 heteroatoms. The van der Waals surface area contributed by atoms with Crippen LogP contribution >= 0.6 is 0 Å². The van der Waals surface area contributed by atoms with Crippen molar-refractivity contribution in [1.82, 2.24) is 5.32 Å². The van der Waals surface area contributed by atoms with Crippen molar-refractivity contribution < 1.29 is 9.15 Å². The molecule has 1 rings (SSSR count). The quantitative estimate of drug-likeness (QED) is 0.829. The van der Waals surface area contributed by atoms with Gasteiger partial charge in [-0.15, -0.1) is 0 Å². The Morgan fingerprint density at radius 1 is 1.41 bits per heavy atom. The minimum Gasteiger partial charge on any atom is -0.469 e. The van der Waals surface area contributed by atoms with Crippen molar-refractivity contribution >= 4 is 0 Å². The molecule has 2 unspecified atom stereocenters. The van der Waals surface area contributed by atoms with Crippen molar-refractivity contribution in [2.75, 3.05) is 13.7 Å². The van der Waals surface area contributed by atoms with E-state index >= 15 is 0 Å². The summed E-state index contributed by atoms with van der Waals surface area (Å²) >= 11 is 0. The standard InChI is InChI=1S/C14H25NO2/c1-6-15-12(10-11-8-7-9-17-11)13(16-5)14(2,3)4/h7-9,12-13,15H,6,10H2,1-5H3. The maximum atomic E-state index is 5.67. The second-order valence-corrected chi connectivity index (χ2v) is 5.47. The Morgan fingerprint density at radius 3 is 2.53 bits per heavy atom. The fraction of sp³-hybridized carbons (Fsp3) is 0.714. The SMILES string of the molecule is CCNC(Cc1ccco1)C(OC)C(C)(C)C. The molecule has 1 aromatic rings. The third-order valence-corrected chi connectivity index (χ3v) is 2.94. The number of ether oxygens (including phenoxy) is 1. The van der Waals surface area contributed by atoms with Crippen LogP contribution in [0.2, 0.25) is 0 Å². The van der Waals surface area contributed by atoms with Crippen LogP contribution in [0.5, 0.6) is 0 Å². The lowest BCUT2D eigenvalue weighted by Crippen LogP contribution is -2.48. The smallest absolute Gasteiger partial charge is 0.105 e. The van der Waals surface area contributed by atoms with Gasteiger partial charge in [0.1, 0.15) is 5.76 Å². The Hall–Kier alpha value is -0.800. The van der Waals surface area contributed by atoms with E-state index in [-0.39, 0.29) is 17.6 Å². The second kappa shape index (κ2) is 6.22. The average Bonchev–Trinajstić information content (AvgIpc) is 2.69. The van der Waals surface area contributed by atoms with Gasteiger partial charge in [-0.05, 0) is 24.1 Å². The van der Waals surface area contributed by atoms with E-state index in [1.165, 1.54) is 0 Å². The van der Waals surface area contributed by atoms with Gasteiger partial charge in [-0.1, -0.05) is 27.7 Å². The fourth-order valence-electron chi connectivity index (χ4n) is 2.32. The van der Waals surface area contributed by atoms with Crippen LogP contribution in [0, 0.1) is 5.41 Å². The number of rotatable bonds is 6. The monoisotopic (exact) mass is 239 g/mol. The van der Waals surface area contributed by atoms with Crippen molar-refractivity contribution in [1.29, 1.82) is 0 Å². The van der Waals surface area contributed by atoms with E-state index in [1.807, 2.05) is 12.1 Å². The Kier molecular flexibility index (Phi) is 5.22. The highest BCUT2D eigenvalue weighted by Gasteiger charge is 2.32. The molecule has 17 heavy (non-hydrogen) atoms. The van der Waals surface area contributed by atoms with Gasteiger partial charge in [-0.25, -0.2) is 0 Å². The lowest BCUT2D eigenvalue weighted by Gasteiger charge is -2.36. The van der Waals surface area contributed by atoms with E-state index in [2.05, 4.69) is 33.0 Å². The Morgan fingerprint density at radius 2 is 2.12 bits per heavy atom. The van der Waals surface area contributed by atoms with E-state index < -0.39 is 0 Å². The lowest BCUT2D eigenvalue weighted by atomic mass is 9.83. The summed E-state index contributed by atoms with van der Waals surface area (Å²) in [5.74, 6) is 1.00. The summed E-state index contributed by atoms with van der Waals surface area (Å²) in [7, 11) is 1.78. The summed E-state index contributed by atoms with van der Waals surface area (Å²) < 4.78 is 11.1. The zero-order chi connectivity index (χ0) is 12.9. The van der Waals surface area contributed by atoms with Crippen molar-refractivity contribution in [3.63, 3.8) is 0 Å². The molecular formula is C14H25NO2. The molecule has 0 aromatic carbocycles. The topological polar surface area (TPSA) is 34.4 Å². The van der Waals surface area contributed by atoms with Crippen LogP contribution in [0.25, 0.3) is 0 Å². The summed E-state index contributed by atoms with van der Waals surface area (Å²) in [6.07, 6.45) is 2.74. The molecule has 0 spiro atoms. The summed E-state index contributed by atoms with van der Waals surface area (Å²) in [6, 6.07) is 4.22. The molecule has 2 atom stereocenters. The first kappa shape index (κ1) is 14.3. The summed E-state index contributed by atoms with van der Waals surface area (Å²) in [5.41, 5.74) is 0.105. The van der Waals surface area contributed by atoms with Crippen LogP contribution < -0.4 is 5.32 Å². The molecule has 0 bridgehead atoms. The number of nitrogens with one attached hydrogen (secondary N) is 1. The normalized spacial score (nSPS) is 15.8. The molecule has 98 valence electrons. The molecule has 0 amide bonds. The van der Waals surface area contributed by atoms with Crippen molar-refractivity contribution in [2.45, 2.75) is 46.3 Å². The number of hydrogen-bond donors (Lipinski definition) is 1. The number of furan rings is 1. The van der Waals surface area contributed by atoms with Gasteiger partial charge in [0.05, 0.1) is 12.4 Å². The van der Waals surface area contributed by atoms with E-state index in [1.54, 1.807) is 13.4 Å². The van der Waals surface area contributed by atoms with Gasteiger partial charge in [0.25, 0.3) is 0 Å². The summed E-state index contributed by atoms with van der Waals surface area (Å²) in [6.45, 7) is 9.65. The number of likely N-dealkylation sites (N-methyl/N-ethyl adjacent to an activating group) is 1. The minimum atomic E-state index is 0.105. The van der Waals surface area contributed by atoms with Gasteiger partial charge >= 0.3 is 0 Å². The molecule has 1 N–H and O–H groups in total. The summed E-state index contributed by atoms with van der Waals surface area (Å²) in [5, 5.41) is 3.49. The van der Waals surface area contributed by atoms with Crippen LogP contribution in [0.1, 0.15) is 33.5 Å². The maximum absolute atomic E-state index is 5.67. The van der Waals surface area contributed by atoms with Crippen LogP contribution in [0.3, 0.4) is 0 Å². The maximum Gasteiger partial charge on any atom is 0.105 e. The van der Waals surface area contributed by atoms with Crippen LogP contribution in [0.15, 0.2) is 22.8 Å². The molecule has 0 aliphatic heterocycles. The largest absolute Gasteiger partial charge is 0.469 e. The first-order chi connectivity index (χ1) is 7.99. The van der Waals surface area contributed by atoms with Crippen LogP contribution in [0.4, 0.5) is 0 Å². The molecule has 0 fully saturated rings. The van der Waals surface area contributed by atoms with Crippen molar-refractivity contribution in [3.05, 3.63) is 24.2 Å².